The fourth-order valence-corrected chi connectivity index (χ4v) is 2.70. The Morgan fingerprint density at radius 1 is 0.917 bits per heavy atom. The topological polar surface area (TPSA) is 53.6 Å². The molecule has 124 valence electrons. The van der Waals surface area contributed by atoms with Crippen molar-refractivity contribution in [3.8, 4) is 0 Å². The summed E-state index contributed by atoms with van der Waals surface area (Å²) in [6.45, 7) is 2.49. The standard InChI is InChI=1S/C18H19N3O2S/c22-17(21-10-12-23-13-11-21)14-6-8-16(9-7-14)20-18(24)19-15-4-2-1-3-5-15/h1-9H,10-13H2,(H2,19,20,24). The van der Waals surface area contributed by atoms with E-state index >= 15 is 0 Å². The molecule has 0 unspecified atom stereocenters. The summed E-state index contributed by atoms with van der Waals surface area (Å²) < 4.78 is 5.27. The second-order valence-electron chi connectivity index (χ2n) is 5.43. The number of carbonyl (C=O) groups excluding carboxylic acids is 1. The Morgan fingerprint density at radius 3 is 2.12 bits per heavy atom. The molecule has 5 nitrogen and oxygen atoms in total. The summed E-state index contributed by atoms with van der Waals surface area (Å²) in [5.41, 5.74) is 2.43. The summed E-state index contributed by atoms with van der Waals surface area (Å²) in [5.74, 6) is 0.0369. The number of thiocarbonyl (C=S) groups is 1. The first-order chi connectivity index (χ1) is 11.7. The first-order valence-corrected chi connectivity index (χ1v) is 8.23. The number of anilines is 2. The van der Waals surface area contributed by atoms with Crippen molar-refractivity contribution in [3.05, 3.63) is 60.2 Å². The number of nitrogens with zero attached hydrogens (tertiary/aromatic N) is 1. The lowest BCUT2D eigenvalue weighted by Crippen LogP contribution is -2.40. The van der Waals surface area contributed by atoms with Crippen LogP contribution in [0.5, 0.6) is 0 Å². The number of hydrogen-bond acceptors (Lipinski definition) is 3. The minimum Gasteiger partial charge on any atom is -0.378 e. The summed E-state index contributed by atoms with van der Waals surface area (Å²) in [5, 5.41) is 6.73. The van der Waals surface area contributed by atoms with Gasteiger partial charge in [-0.1, -0.05) is 18.2 Å². The van der Waals surface area contributed by atoms with Crippen molar-refractivity contribution in [2.24, 2.45) is 0 Å². The van der Waals surface area contributed by atoms with Gasteiger partial charge in [0.2, 0.25) is 0 Å². The Kier molecular flexibility index (Phi) is 5.40. The number of ether oxygens (including phenoxy) is 1. The van der Waals surface area contributed by atoms with Crippen molar-refractivity contribution in [2.45, 2.75) is 0 Å². The molecule has 6 heteroatoms. The van der Waals surface area contributed by atoms with E-state index in [0.717, 1.165) is 11.4 Å². The third-order valence-corrected chi connectivity index (χ3v) is 3.92. The lowest BCUT2D eigenvalue weighted by Gasteiger charge is -2.26. The first kappa shape index (κ1) is 16.4. The molecular weight excluding hydrogens is 322 g/mol. The maximum atomic E-state index is 12.4. The summed E-state index contributed by atoms with van der Waals surface area (Å²) in [4.78, 5) is 14.2. The van der Waals surface area contributed by atoms with Gasteiger partial charge in [-0.05, 0) is 48.6 Å². The van der Waals surface area contributed by atoms with Crippen LogP contribution < -0.4 is 10.6 Å². The molecular formula is C18H19N3O2S. The molecule has 0 atom stereocenters. The van der Waals surface area contributed by atoms with Gasteiger partial charge in [-0.15, -0.1) is 0 Å². The highest BCUT2D eigenvalue weighted by Gasteiger charge is 2.18. The Hall–Kier alpha value is -2.44. The van der Waals surface area contributed by atoms with Crippen molar-refractivity contribution < 1.29 is 9.53 Å². The molecule has 0 radical (unpaired) electrons. The van der Waals surface area contributed by atoms with Gasteiger partial charge >= 0.3 is 0 Å². The van der Waals surface area contributed by atoms with E-state index in [1.165, 1.54) is 0 Å². The molecule has 1 amide bonds. The maximum absolute atomic E-state index is 12.4. The molecule has 0 aromatic heterocycles. The van der Waals surface area contributed by atoms with Gasteiger partial charge < -0.3 is 20.3 Å². The van der Waals surface area contributed by atoms with Gasteiger partial charge in [0.05, 0.1) is 13.2 Å². The second-order valence-corrected chi connectivity index (χ2v) is 5.84. The molecule has 1 aliphatic heterocycles. The normalized spacial score (nSPS) is 14.1. The van der Waals surface area contributed by atoms with E-state index < -0.39 is 0 Å². The highest BCUT2D eigenvalue weighted by Crippen LogP contribution is 2.13. The van der Waals surface area contributed by atoms with Crippen LogP contribution in [-0.2, 0) is 4.74 Å². The average molecular weight is 341 g/mol. The van der Waals surface area contributed by atoms with Gasteiger partial charge in [0.25, 0.3) is 5.91 Å². The number of para-hydroxylation sites is 1. The number of nitrogens with one attached hydrogen (secondary N) is 2. The number of hydrogen-bond donors (Lipinski definition) is 2. The Morgan fingerprint density at radius 2 is 1.50 bits per heavy atom. The van der Waals surface area contributed by atoms with Gasteiger partial charge in [0.1, 0.15) is 0 Å². The molecule has 0 saturated carbocycles. The van der Waals surface area contributed by atoms with Crippen LogP contribution in [0.2, 0.25) is 0 Å². The molecule has 24 heavy (non-hydrogen) atoms. The van der Waals surface area contributed by atoms with Crippen molar-refractivity contribution in [2.75, 3.05) is 36.9 Å². The zero-order valence-electron chi connectivity index (χ0n) is 13.2. The molecule has 3 rings (SSSR count). The van der Waals surface area contributed by atoms with Gasteiger partial charge in [-0.3, -0.25) is 4.79 Å². The zero-order chi connectivity index (χ0) is 16.8. The molecule has 2 N–H and O–H groups in total. The minimum atomic E-state index is 0.0369. The van der Waals surface area contributed by atoms with Crippen molar-refractivity contribution >= 4 is 34.6 Å². The van der Waals surface area contributed by atoms with Gasteiger partial charge in [-0.2, -0.15) is 0 Å². The largest absolute Gasteiger partial charge is 0.378 e. The van der Waals surface area contributed by atoms with Gasteiger partial charge in [0.15, 0.2) is 5.11 Å². The zero-order valence-corrected chi connectivity index (χ0v) is 14.0. The Labute approximate surface area is 146 Å². The number of morpholine rings is 1. The van der Waals surface area contributed by atoms with E-state index in [9.17, 15) is 4.79 Å². The Bertz CT molecular complexity index is 698. The lowest BCUT2D eigenvalue weighted by atomic mass is 10.1. The predicted molar refractivity (Wildman–Crippen MR) is 99.4 cm³/mol. The highest BCUT2D eigenvalue weighted by atomic mass is 32.1. The summed E-state index contributed by atoms with van der Waals surface area (Å²) in [6, 6.07) is 17.0. The molecule has 0 bridgehead atoms. The van der Waals surface area contributed by atoms with Crippen LogP contribution in [0, 0.1) is 0 Å². The van der Waals surface area contributed by atoms with Crippen LogP contribution in [0.4, 0.5) is 11.4 Å². The second kappa shape index (κ2) is 7.90. The van der Waals surface area contributed by atoms with E-state index in [-0.39, 0.29) is 5.91 Å². The summed E-state index contributed by atoms with van der Waals surface area (Å²) in [7, 11) is 0. The van der Waals surface area contributed by atoms with Crippen LogP contribution in [0.3, 0.4) is 0 Å². The molecule has 2 aromatic rings. The fraction of sp³-hybridized carbons (Fsp3) is 0.222. The van der Waals surface area contributed by atoms with Crippen LogP contribution in [-0.4, -0.2) is 42.2 Å². The molecule has 0 aliphatic carbocycles. The molecule has 1 aliphatic rings. The summed E-state index contributed by atoms with van der Waals surface area (Å²) >= 11 is 5.29. The third kappa shape index (κ3) is 4.31. The maximum Gasteiger partial charge on any atom is 0.254 e. The molecule has 1 fully saturated rings. The lowest BCUT2D eigenvalue weighted by molar-refractivity contribution is 0.0303. The van der Waals surface area contributed by atoms with E-state index in [1.54, 1.807) is 0 Å². The smallest absolute Gasteiger partial charge is 0.254 e. The summed E-state index contributed by atoms with van der Waals surface area (Å²) in [6.07, 6.45) is 0. The minimum absolute atomic E-state index is 0.0369. The van der Waals surface area contributed by atoms with Crippen LogP contribution in [0.25, 0.3) is 0 Å². The third-order valence-electron chi connectivity index (χ3n) is 3.72. The van der Waals surface area contributed by atoms with Crippen molar-refractivity contribution in [3.63, 3.8) is 0 Å². The monoisotopic (exact) mass is 341 g/mol. The van der Waals surface area contributed by atoms with Crippen LogP contribution >= 0.6 is 12.2 Å². The molecule has 2 aromatic carbocycles. The number of rotatable bonds is 3. The quantitative estimate of drug-likeness (QED) is 0.841. The predicted octanol–water partition coefficient (Wildman–Crippen LogP) is 2.97. The first-order valence-electron chi connectivity index (χ1n) is 7.82. The number of amides is 1. The Balaban J connectivity index is 1.58. The van der Waals surface area contributed by atoms with Gasteiger partial charge in [-0.25, -0.2) is 0 Å². The molecule has 0 spiro atoms. The van der Waals surface area contributed by atoms with Gasteiger partial charge in [0, 0.05) is 30.0 Å². The number of benzene rings is 2. The highest BCUT2D eigenvalue weighted by molar-refractivity contribution is 7.80. The van der Waals surface area contributed by atoms with E-state index in [0.29, 0.717) is 37.0 Å². The van der Waals surface area contributed by atoms with E-state index in [2.05, 4.69) is 10.6 Å². The van der Waals surface area contributed by atoms with Crippen LogP contribution in [0.15, 0.2) is 54.6 Å². The SMILES string of the molecule is O=C(c1ccc(NC(=S)Nc2ccccc2)cc1)N1CCOCC1. The molecule has 1 saturated heterocycles. The average Bonchev–Trinajstić information content (AvgIpc) is 2.63. The van der Waals surface area contributed by atoms with E-state index in [4.69, 9.17) is 17.0 Å². The molecule has 1 heterocycles. The van der Waals surface area contributed by atoms with Crippen molar-refractivity contribution in [1.82, 2.24) is 4.90 Å². The number of carbonyl (C=O) groups is 1. The fourth-order valence-electron chi connectivity index (χ4n) is 2.46. The van der Waals surface area contributed by atoms with E-state index in [1.807, 2.05) is 59.5 Å². The van der Waals surface area contributed by atoms with Crippen molar-refractivity contribution in [1.29, 1.82) is 0 Å². The van der Waals surface area contributed by atoms with Crippen LogP contribution in [0.1, 0.15) is 10.4 Å².